The van der Waals surface area contributed by atoms with Crippen LogP contribution < -0.4 is 5.32 Å². The van der Waals surface area contributed by atoms with Gasteiger partial charge >= 0.3 is 0 Å². The highest BCUT2D eigenvalue weighted by Crippen LogP contribution is 2.05. The van der Waals surface area contributed by atoms with Gasteiger partial charge in [-0.3, -0.25) is 4.79 Å². The highest BCUT2D eigenvalue weighted by molar-refractivity contribution is 6.30. The summed E-state index contributed by atoms with van der Waals surface area (Å²) >= 11 is 5.37. The number of hydrogen-bond acceptors (Lipinski definition) is 2. The zero-order chi connectivity index (χ0) is 9.40. The number of hydrogen-bond donors (Lipinski definition) is 1. The third-order valence-corrected chi connectivity index (χ3v) is 1.79. The van der Waals surface area contributed by atoms with Crippen LogP contribution >= 0.6 is 11.6 Å². The van der Waals surface area contributed by atoms with Crippen molar-refractivity contribution in [3.63, 3.8) is 0 Å². The molecule has 0 aromatic carbocycles. The van der Waals surface area contributed by atoms with E-state index in [-0.39, 0.29) is 11.7 Å². The van der Waals surface area contributed by atoms with Gasteiger partial charge in [-0.25, -0.2) is 0 Å². The Bertz CT molecular complexity index is 166. The van der Waals surface area contributed by atoms with Gasteiger partial charge in [0.05, 0.1) is 5.88 Å². The molecular formula is C9H16ClNO. The molecule has 0 unspecified atom stereocenters. The molecule has 1 rings (SSSR count). The Morgan fingerprint density at radius 3 is 2.75 bits per heavy atom. The predicted molar refractivity (Wildman–Crippen MR) is 52.6 cm³/mol. The number of carbonyl (C=O) groups excluding carboxylic acids is 1. The Hall–Kier alpha value is -0.340. The van der Waals surface area contributed by atoms with Crippen molar-refractivity contribution in [3.05, 3.63) is 11.6 Å². The van der Waals surface area contributed by atoms with E-state index in [0.29, 0.717) is 0 Å². The Kier molecular flexibility index (Phi) is 7.11. The van der Waals surface area contributed by atoms with Crippen LogP contribution in [0.1, 0.15) is 20.3 Å². The first kappa shape index (κ1) is 11.7. The third kappa shape index (κ3) is 3.88. The van der Waals surface area contributed by atoms with Crippen molar-refractivity contribution in [2.45, 2.75) is 20.3 Å². The average Bonchev–Trinajstić information content (AvgIpc) is 2.21. The highest BCUT2D eigenvalue weighted by atomic mass is 35.5. The molecule has 0 radical (unpaired) electrons. The lowest BCUT2D eigenvalue weighted by Crippen LogP contribution is -2.23. The Labute approximate surface area is 79.0 Å². The van der Waals surface area contributed by atoms with Gasteiger partial charge in [-0.05, 0) is 18.5 Å². The second-order valence-electron chi connectivity index (χ2n) is 2.24. The summed E-state index contributed by atoms with van der Waals surface area (Å²) in [7, 11) is 0. The van der Waals surface area contributed by atoms with Gasteiger partial charge in [0, 0.05) is 6.54 Å². The van der Waals surface area contributed by atoms with Gasteiger partial charge in [0.15, 0.2) is 5.78 Å². The maximum atomic E-state index is 10.9. The quantitative estimate of drug-likeness (QED) is 0.671. The van der Waals surface area contributed by atoms with Gasteiger partial charge in [0.1, 0.15) is 0 Å². The molecule has 70 valence electrons. The average molecular weight is 190 g/mol. The molecule has 1 N–H and O–H groups in total. The van der Waals surface area contributed by atoms with E-state index in [4.69, 9.17) is 11.6 Å². The topological polar surface area (TPSA) is 29.1 Å². The molecule has 1 aliphatic rings. The maximum absolute atomic E-state index is 10.9. The van der Waals surface area contributed by atoms with Crippen LogP contribution in [0.4, 0.5) is 0 Å². The van der Waals surface area contributed by atoms with Gasteiger partial charge in [-0.1, -0.05) is 19.9 Å². The zero-order valence-corrected chi connectivity index (χ0v) is 8.45. The molecule has 0 spiro atoms. The Morgan fingerprint density at radius 1 is 1.67 bits per heavy atom. The molecule has 2 nitrogen and oxygen atoms in total. The normalized spacial score (nSPS) is 15.8. The van der Waals surface area contributed by atoms with Crippen LogP contribution in [0.5, 0.6) is 0 Å². The minimum absolute atomic E-state index is 0.0724. The second-order valence-corrected chi connectivity index (χ2v) is 2.51. The van der Waals surface area contributed by atoms with Crippen molar-refractivity contribution in [2.75, 3.05) is 19.0 Å². The maximum Gasteiger partial charge on any atom is 0.173 e. The summed E-state index contributed by atoms with van der Waals surface area (Å²) in [4.78, 5) is 10.9. The molecule has 0 saturated carbocycles. The van der Waals surface area contributed by atoms with E-state index >= 15 is 0 Å². The first-order chi connectivity index (χ1) is 5.84. The molecule has 1 aliphatic heterocycles. The number of alkyl halides is 1. The Balaban J connectivity index is 0.000000561. The molecule has 12 heavy (non-hydrogen) atoms. The van der Waals surface area contributed by atoms with Gasteiger partial charge in [-0.15, -0.1) is 11.6 Å². The molecule has 0 fully saturated rings. The van der Waals surface area contributed by atoms with Crippen molar-refractivity contribution in [2.24, 2.45) is 0 Å². The van der Waals surface area contributed by atoms with Crippen LogP contribution in [0.3, 0.4) is 0 Å². The number of nitrogens with one attached hydrogen (secondary N) is 1. The summed E-state index contributed by atoms with van der Waals surface area (Å²) < 4.78 is 0. The lowest BCUT2D eigenvalue weighted by atomic mass is 10.1. The summed E-state index contributed by atoms with van der Waals surface area (Å²) in [6, 6.07) is 0. The van der Waals surface area contributed by atoms with Crippen molar-refractivity contribution >= 4 is 17.4 Å². The van der Waals surface area contributed by atoms with E-state index in [9.17, 15) is 4.79 Å². The molecule has 0 aromatic heterocycles. The van der Waals surface area contributed by atoms with Crippen LogP contribution in [0.25, 0.3) is 0 Å². The summed E-state index contributed by atoms with van der Waals surface area (Å²) in [6.07, 6.45) is 2.74. The lowest BCUT2D eigenvalue weighted by Gasteiger charge is -2.10. The number of ketones is 1. The van der Waals surface area contributed by atoms with E-state index < -0.39 is 0 Å². The Morgan fingerprint density at radius 2 is 2.33 bits per heavy atom. The summed E-state index contributed by atoms with van der Waals surface area (Å²) in [6.45, 7) is 5.70. The molecule has 0 aromatic rings. The van der Waals surface area contributed by atoms with E-state index in [1.54, 1.807) is 0 Å². The van der Waals surface area contributed by atoms with E-state index in [1.165, 1.54) is 0 Å². The molecule has 1 heterocycles. The van der Waals surface area contributed by atoms with Crippen molar-refractivity contribution < 1.29 is 4.79 Å². The largest absolute Gasteiger partial charge is 0.313 e. The molecule has 0 amide bonds. The number of halogens is 1. The lowest BCUT2D eigenvalue weighted by molar-refractivity contribution is -0.113. The van der Waals surface area contributed by atoms with E-state index in [0.717, 1.165) is 25.1 Å². The minimum atomic E-state index is 0.0724. The zero-order valence-electron chi connectivity index (χ0n) is 7.69. The predicted octanol–water partition coefficient (Wildman–Crippen LogP) is 1.74. The fraction of sp³-hybridized carbons (Fsp3) is 0.667. The van der Waals surface area contributed by atoms with Gasteiger partial charge in [0.2, 0.25) is 0 Å². The van der Waals surface area contributed by atoms with Gasteiger partial charge in [0.25, 0.3) is 0 Å². The molecule has 3 heteroatoms. The number of rotatable bonds is 2. The number of carbonyl (C=O) groups is 1. The first-order valence-electron chi connectivity index (χ1n) is 4.33. The van der Waals surface area contributed by atoms with Crippen molar-refractivity contribution in [1.29, 1.82) is 0 Å². The fourth-order valence-corrected chi connectivity index (χ4v) is 1.13. The monoisotopic (exact) mass is 189 g/mol. The second kappa shape index (κ2) is 7.32. The van der Waals surface area contributed by atoms with Crippen LogP contribution in [-0.2, 0) is 4.79 Å². The van der Waals surface area contributed by atoms with Gasteiger partial charge in [-0.2, -0.15) is 0 Å². The minimum Gasteiger partial charge on any atom is -0.313 e. The standard InChI is InChI=1S/C7H10ClNO.C2H6/c8-5-7(10)6-1-3-9-4-2-6;1-2/h1,9H,2-5H2;1-2H3. The summed E-state index contributed by atoms with van der Waals surface area (Å²) in [5, 5.41) is 3.12. The van der Waals surface area contributed by atoms with Crippen molar-refractivity contribution in [1.82, 2.24) is 5.32 Å². The van der Waals surface area contributed by atoms with Crippen LogP contribution in [0.15, 0.2) is 11.6 Å². The smallest absolute Gasteiger partial charge is 0.173 e. The molecule has 0 saturated heterocycles. The van der Waals surface area contributed by atoms with E-state index in [2.05, 4.69) is 5.32 Å². The van der Waals surface area contributed by atoms with Crippen LogP contribution in [-0.4, -0.2) is 24.8 Å². The SMILES string of the molecule is CC.O=C(CCl)C1=CCNCC1. The van der Waals surface area contributed by atoms with Crippen LogP contribution in [0, 0.1) is 0 Å². The first-order valence-corrected chi connectivity index (χ1v) is 4.87. The fourth-order valence-electron chi connectivity index (χ4n) is 0.962. The summed E-state index contributed by atoms with van der Waals surface area (Å²) in [5.74, 6) is 0.189. The van der Waals surface area contributed by atoms with Crippen molar-refractivity contribution in [3.8, 4) is 0 Å². The van der Waals surface area contributed by atoms with E-state index in [1.807, 2.05) is 19.9 Å². The van der Waals surface area contributed by atoms with Crippen LogP contribution in [0.2, 0.25) is 0 Å². The number of Topliss-reactive ketones (excluding diaryl/α,β-unsaturated/α-hetero) is 1. The molecule has 0 atom stereocenters. The molecule has 0 bridgehead atoms. The molecule has 0 aliphatic carbocycles. The third-order valence-electron chi connectivity index (χ3n) is 1.54. The highest BCUT2D eigenvalue weighted by Gasteiger charge is 2.09. The summed E-state index contributed by atoms with van der Waals surface area (Å²) in [5.41, 5.74) is 0.883. The van der Waals surface area contributed by atoms with Gasteiger partial charge < -0.3 is 5.32 Å². The molecular weight excluding hydrogens is 174 g/mol.